The van der Waals surface area contributed by atoms with Crippen LogP contribution in [0.1, 0.15) is 25.0 Å². The summed E-state index contributed by atoms with van der Waals surface area (Å²) in [4.78, 5) is 0. The summed E-state index contributed by atoms with van der Waals surface area (Å²) in [7, 11) is 0. The van der Waals surface area contributed by atoms with Gasteiger partial charge in [0.1, 0.15) is 0 Å². The molecule has 0 radical (unpaired) electrons. The molecular weight excluding hydrogens is 347 g/mol. The molecule has 0 aliphatic rings. The zero-order valence-corrected chi connectivity index (χ0v) is 13.6. The average molecular weight is 366 g/mol. The van der Waals surface area contributed by atoms with Crippen LogP contribution in [0.15, 0.2) is 42.5 Å². The molecule has 0 unspecified atom stereocenters. The number of benzene rings is 2. The molecule has 0 aliphatic heterocycles. The van der Waals surface area contributed by atoms with Crippen molar-refractivity contribution in [3.63, 3.8) is 0 Å². The predicted molar refractivity (Wildman–Crippen MR) is 89.3 cm³/mol. The summed E-state index contributed by atoms with van der Waals surface area (Å²) in [5, 5.41) is 0. The van der Waals surface area contributed by atoms with Gasteiger partial charge in [0.25, 0.3) is 0 Å². The third-order valence-electron chi connectivity index (χ3n) is 3.18. The Morgan fingerprint density at radius 1 is 1.00 bits per heavy atom. The van der Waals surface area contributed by atoms with Crippen molar-refractivity contribution in [2.45, 2.75) is 26.9 Å². The normalized spacial score (nSPS) is 10.7. The Hall–Kier alpha value is -0.870. The smallest absolute Gasteiger partial charge is 0.0716 e. The largest absolute Gasteiger partial charge is 0.377 e. The molecule has 2 heteroatoms. The van der Waals surface area contributed by atoms with Crippen molar-refractivity contribution in [3.8, 4) is 11.1 Å². The van der Waals surface area contributed by atoms with Gasteiger partial charge in [0.05, 0.1) is 6.61 Å². The molecular formula is C17H19IO. The van der Waals surface area contributed by atoms with Crippen molar-refractivity contribution in [1.82, 2.24) is 0 Å². The van der Waals surface area contributed by atoms with Crippen molar-refractivity contribution in [2.24, 2.45) is 0 Å². The molecule has 0 N–H and O–H groups in total. The van der Waals surface area contributed by atoms with E-state index < -0.39 is 0 Å². The maximum absolute atomic E-state index is 5.48. The van der Waals surface area contributed by atoms with Crippen LogP contribution in [0.3, 0.4) is 0 Å². The Balaban J connectivity index is 2.32. The van der Waals surface area contributed by atoms with Gasteiger partial charge >= 0.3 is 0 Å². The zero-order valence-electron chi connectivity index (χ0n) is 11.4. The van der Waals surface area contributed by atoms with Crippen LogP contribution in [0.25, 0.3) is 11.1 Å². The molecule has 2 rings (SSSR count). The fourth-order valence-corrected chi connectivity index (χ4v) is 2.52. The molecule has 2 aromatic rings. The Morgan fingerprint density at radius 2 is 1.74 bits per heavy atom. The average Bonchev–Trinajstić information content (AvgIpc) is 2.46. The van der Waals surface area contributed by atoms with E-state index in [1.54, 1.807) is 0 Å². The van der Waals surface area contributed by atoms with Crippen LogP contribution in [-0.2, 0) is 17.8 Å². The highest BCUT2D eigenvalue weighted by molar-refractivity contribution is 14.1. The van der Waals surface area contributed by atoms with Crippen molar-refractivity contribution < 1.29 is 4.74 Å². The van der Waals surface area contributed by atoms with Crippen LogP contribution >= 0.6 is 22.6 Å². The van der Waals surface area contributed by atoms with Gasteiger partial charge in [-0.25, -0.2) is 0 Å². The third-order valence-corrected chi connectivity index (χ3v) is 3.90. The van der Waals surface area contributed by atoms with E-state index >= 15 is 0 Å². The van der Waals surface area contributed by atoms with E-state index in [0.717, 1.165) is 13.0 Å². The van der Waals surface area contributed by atoms with Crippen molar-refractivity contribution in [3.05, 3.63) is 57.2 Å². The molecule has 0 fully saturated rings. The van der Waals surface area contributed by atoms with Gasteiger partial charge in [0, 0.05) is 10.2 Å². The van der Waals surface area contributed by atoms with E-state index in [1.807, 2.05) is 6.92 Å². The number of aryl methyl sites for hydroxylation is 1. The monoisotopic (exact) mass is 366 g/mol. The molecule has 0 spiro atoms. The van der Waals surface area contributed by atoms with E-state index in [1.165, 1.54) is 25.8 Å². The molecule has 0 atom stereocenters. The molecule has 0 saturated carbocycles. The van der Waals surface area contributed by atoms with Crippen LogP contribution in [-0.4, -0.2) is 6.61 Å². The maximum Gasteiger partial charge on any atom is 0.0716 e. The van der Waals surface area contributed by atoms with Crippen molar-refractivity contribution in [1.29, 1.82) is 0 Å². The summed E-state index contributed by atoms with van der Waals surface area (Å²) in [5.41, 5.74) is 5.27. The molecule has 100 valence electrons. The molecule has 0 amide bonds. The van der Waals surface area contributed by atoms with Gasteiger partial charge in [0.15, 0.2) is 0 Å². The van der Waals surface area contributed by atoms with Gasteiger partial charge in [-0.05, 0) is 70.3 Å². The second-order valence-electron chi connectivity index (χ2n) is 4.49. The van der Waals surface area contributed by atoms with E-state index in [0.29, 0.717) is 6.61 Å². The lowest BCUT2D eigenvalue weighted by Gasteiger charge is -2.11. The van der Waals surface area contributed by atoms with Crippen LogP contribution < -0.4 is 0 Å². The number of halogens is 1. The lowest BCUT2D eigenvalue weighted by atomic mass is 9.96. The summed E-state index contributed by atoms with van der Waals surface area (Å²) >= 11 is 2.34. The van der Waals surface area contributed by atoms with Crippen LogP contribution in [0.5, 0.6) is 0 Å². The number of hydrogen-bond acceptors (Lipinski definition) is 1. The summed E-state index contributed by atoms with van der Waals surface area (Å²) in [5.74, 6) is 0. The SMILES string of the molecule is CCOCc1ccc(-c2ccc(I)cc2)c(CC)c1. The second kappa shape index (κ2) is 7.06. The highest BCUT2D eigenvalue weighted by Gasteiger charge is 2.05. The van der Waals surface area contributed by atoms with Gasteiger partial charge in [-0.2, -0.15) is 0 Å². The Labute approximate surface area is 129 Å². The molecule has 0 saturated heterocycles. The minimum absolute atomic E-state index is 0.705. The van der Waals surface area contributed by atoms with Crippen molar-refractivity contribution >= 4 is 22.6 Å². The number of ether oxygens (including phenoxy) is 1. The van der Waals surface area contributed by atoms with E-state index in [2.05, 4.69) is 72.0 Å². The van der Waals surface area contributed by atoms with Gasteiger partial charge in [0.2, 0.25) is 0 Å². The molecule has 19 heavy (non-hydrogen) atoms. The van der Waals surface area contributed by atoms with E-state index in [-0.39, 0.29) is 0 Å². The number of rotatable bonds is 5. The standard InChI is InChI=1S/C17H19IO/c1-3-14-11-13(12-19-4-2)5-10-17(14)15-6-8-16(18)9-7-15/h5-11H,3-4,12H2,1-2H3. The lowest BCUT2D eigenvalue weighted by molar-refractivity contribution is 0.134. The molecule has 0 aliphatic carbocycles. The van der Waals surface area contributed by atoms with E-state index in [9.17, 15) is 0 Å². The molecule has 1 nitrogen and oxygen atoms in total. The topological polar surface area (TPSA) is 9.23 Å². The molecule has 0 bridgehead atoms. The first-order chi connectivity index (χ1) is 9.24. The van der Waals surface area contributed by atoms with Gasteiger partial charge in [-0.15, -0.1) is 0 Å². The molecule has 0 aromatic heterocycles. The summed E-state index contributed by atoms with van der Waals surface area (Å²) < 4.78 is 6.75. The third kappa shape index (κ3) is 3.80. The Kier molecular flexibility index (Phi) is 5.40. The summed E-state index contributed by atoms with van der Waals surface area (Å²) in [6.07, 6.45) is 1.04. The zero-order chi connectivity index (χ0) is 13.7. The first kappa shape index (κ1) is 14.5. The molecule has 0 heterocycles. The first-order valence-corrected chi connectivity index (χ1v) is 7.78. The van der Waals surface area contributed by atoms with Crippen LogP contribution in [0.4, 0.5) is 0 Å². The Bertz CT molecular complexity index is 531. The van der Waals surface area contributed by atoms with Crippen LogP contribution in [0.2, 0.25) is 0 Å². The predicted octanol–water partition coefficient (Wildman–Crippen LogP) is 5.06. The van der Waals surface area contributed by atoms with E-state index in [4.69, 9.17) is 4.74 Å². The van der Waals surface area contributed by atoms with Gasteiger partial charge in [-0.3, -0.25) is 0 Å². The lowest BCUT2D eigenvalue weighted by Crippen LogP contribution is -1.95. The minimum atomic E-state index is 0.705. The highest BCUT2D eigenvalue weighted by Crippen LogP contribution is 2.26. The first-order valence-electron chi connectivity index (χ1n) is 6.70. The van der Waals surface area contributed by atoms with Crippen molar-refractivity contribution in [2.75, 3.05) is 6.61 Å². The minimum Gasteiger partial charge on any atom is -0.377 e. The van der Waals surface area contributed by atoms with Crippen LogP contribution in [0, 0.1) is 3.57 Å². The molecule has 2 aromatic carbocycles. The summed E-state index contributed by atoms with van der Waals surface area (Å²) in [6.45, 7) is 5.70. The Morgan fingerprint density at radius 3 is 2.37 bits per heavy atom. The highest BCUT2D eigenvalue weighted by atomic mass is 127. The fourth-order valence-electron chi connectivity index (χ4n) is 2.16. The van der Waals surface area contributed by atoms with Gasteiger partial charge in [-0.1, -0.05) is 37.3 Å². The second-order valence-corrected chi connectivity index (χ2v) is 5.73. The maximum atomic E-state index is 5.48. The fraction of sp³-hybridized carbons (Fsp3) is 0.294. The summed E-state index contributed by atoms with van der Waals surface area (Å²) in [6, 6.07) is 15.4. The number of hydrogen-bond donors (Lipinski definition) is 0. The van der Waals surface area contributed by atoms with Gasteiger partial charge < -0.3 is 4.74 Å². The quantitative estimate of drug-likeness (QED) is 0.673.